The summed E-state index contributed by atoms with van der Waals surface area (Å²) in [4.78, 5) is 50.1. The van der Waals surface area contributed by atoms with Gasteiger partial charge in [0.05, 0.1) is 6.42 Å². The van der Waals surface area contributed by atoms with Crippen LogP contribution in [-0.4, -0.2) is 60.7 Å². The van der Waals surface area contributed by atoms with E-state index < -0.39 is 18.0 Å². The molecule has 2 saturated heterocycles. The summed E-state index contributed by atoms with van der Waals surface area (Å²) in [7, 11) is 0. The molecule has 2 aliphatic rings. The van der Waals surface area contributed by atoms with Gasteiger partial charge in [-0.15, -0.1) is 0 Å². The third-order valence-corrected chi connectivity index (χ3v) is 4.51. The van der Waals surface area contributed by atoms with E-state index in [1.807, 2.05) is 12.1 Å². The molecule has 8 nitrogen and oxygen atoms in total. The maximum Gasteiger partial charge on any atom is 0.322 e. The van der Waals surface area contributed by atoms with Crippen LogP contribution in [0.1, 0.15) is 23.7 Å². The molecule has 132 valence electrons. The fourth-order valence-corrected chi connectivity index (χ4v) is 3.03. The Bertz CT molecular complexity index is 708. The van der Waals surface area contributed by atoms with E-state index in [9.17, 15) is 19.2 Å². The summed E-state index contributed by atoms with van der Waals surface area (Å²) < 4.78 is 0. The lowest BCUT2D eigenvalue weighted by Crippen LogP contribution is -2.50. The van der Waals surface area contributed by atoms with Crippen LogP contribution in [0.15, 0.2) is 24.3 Å². The third kappa shape index (κ3) is 3.78. The van der Waals surface area contributed by atoms with Crippen molar-refractivity contribution in [1.82, 2.24) is 15.5 Å². The highest BCUT2D eigenvalue weighted by Crippen LogP contribution is 2.18. The number of urea groups is 1. The van der Waals surface area contributed by atoms with E-state index in [4.69, 9.17) is 0 Å². The number of carbonyl (C=O) groups excluding carboxylic acids is 4. The predicted molar refractivity (Wildman–Crippen MR) is 90.3 cm³/mol. The Morgan fingerprint density at radius 3 is 2.24 bits per heavy atom. The number of nitrogens with zero attached hydrogens (tertiary/aromatic N) is 2. The Morgan fingerprint density at radius 2 is 1.72 bits per heavy atom. The highest BCUT2D eigenvalue weighted by molar-refractivity contribution is 6.05. The van der Waals surface area contributed by atoms with Gasteiger partial charge in [0.15, 0.2) is 5.78 Å². The van der Waals surface area contributed by atoms with Crippen LogP contribution in [0.2, 0.25) is 0 Å². The number of anilines is 1. The van der Waals surface area contributed by atoms with E-state index >= 15 is 0 Å². The molecule has 2 aliphatic heterocycles. The van der Waals surface area contributed by atoms with Crippen molar-refractivity contribution in [2.45, 2.75) is 19.4 Å². The smallest absolute Gasteiger partial charge is 0.322 e. The minimum absolute atomic E-state index is 0.0229. The van der Waals surface area contributed by atoms with Crippen LogP contribution < -0.4 is 15.5 Å². The molecule has 0 unspecified atom stereocenters. The highest BCUT2D eigenvalue weighted by atomic mass is 16.2. The first kappa shape index (κ1) is 16.9. The maximum absolute atomic E-state index is 12.3. The Hall–Kier alpha value is -2.90. The van der Waals surface area contributed by atoms with Crippen molar-refractivity contribution < 1.29 is 19.2 Å². The topological polar surface area (TPSA) is 98.8 Å². The normalized spacial score (nSPS) is 20.3. The molecule has 0 bridgehead atoms. The summed E-state index contributed by atoms with van der Waals surface area (Å²) in [6.07, 6.45) is -0.0229. The molecule has 8 heteroatoms. The van der Waals surface area contributed by atoms with Crippen molar-refractivity contribution in [3.05, 3.63) is 29.8 Å². The molecule has 1 aromatic rings. The summed E-state index contributed by atoms with van der Waals surface area (Å²) in [6, 6.07) is 6.09. The van der Waals surface area contributed by atoms with E-state index in [0.717, 1.165) is 5.69 Å². The number of benzene rings is 1. The molecular formula is C17H20N4O4. The van der Waals surface area contributed by atoms with Crippen LogP contribution in [0.25, 0.3) is 0 Å². The second-order valence-electron chi connectivity index (χ2n) is 6.19. The fourth-order valence-electron chi connectivity index (χ4n) is 3.03. The van der Waals surface area contributed by atoms with Gasteiger partial charge in [-0.3, -0.25) is 19.7 Å². The van der Waals surface area contributed by atoms with Crippen LogP contribution in [0.4, 0.5) is 10.5 Å². The van der Waals surface area contributed by atoms with Gasteiger partial charge in [0.1, 0.15) is 6.04 Å². The quantitative estimate of drug-likeness (QED) is 0.598. The number of imide groups is 1. The van der Waals surface area contributed by atoms with Gasteiger partial charge in [-0.25, -0.2) is 4.79 Å². The van der Waals surface area contributed by atoms with Gasteiger partial charge in [-0.05, 0) is 31.2 Å². The van der Waals surface area contributed by atoms with Gasteiger partial charge in [0, 0.05) is 37.4 Å². The first-order valence-electron chi connectivity index (χ1n) is 8.19. The van der Waals surface area contributed by atoms with Crippen molar-refractivity contribution in [3.8, 4) is 0 Å². The van der Waals surface area contributed by atoms with Crippen LogP contribution >= 0.6 is 0 Å². The van der Waals surface area contributed by atoms with Gasteiger partial charge >= 0.3 is 6.03 Å². The molecule has 1 atom stereocenters. The molecule has 0 aliphatic carbocycles. The van der Waals surface area contributed by atoms with E-state index in [1.54, 1.807) is 17.0 Å². The summed E-state index contributed by atoms with van der Waals surface area (Å²) in [5, 5.41) is 4.56. The number of amides is 4. The SMILES string of the molecule is CC(=O)c1ccc(N2CCN(C(=O)C[C@@H]3NC(=O)NC3=O)CC2)cc1. The Morgan fingerprint density at radius 1 is 1.08 bits per heavy atom. The molecule has 0 aromatic heterocycles. The average molecular weight is 344 g/mol. The molecule has 25 heavy (non-hydrogen) atoms. The molecule has 2 fully saturated rings. The van der Waals surface area contributed by atoms with Crippen LogP contribution in [0, 0.1) is 0 Å². The van der Waals surface area contributed by atoms with Crippen molar-refractivity contribution >= 4 is 29.3 Å². The first-order valence-corrected chi connectivity index (χ1v) is 8.19. The molecule has 0 spiro atoms. The fraction of sp³-hybridized carbons (Fsp3) is 0.412. The lowest BCUT2D eigenvalue weighted by atomic mass is 10.1. The maximum atomic E-state index is 12.3. The second kappa shape index (κ2) is 6.92. The lowest BCUT2D eigenvalue weighted by Gasteiger charge is -2.36. The van der Waals surface area contributed by atoms with E-state index in [1.165, 1.54) is 6.92 Å². The number of hydrogen-bond donors (Lipinski definition) is 2. The monoisotopic (exact) mass is 344 g/mol. The van der Waals surface area contributed by atoms with Crippen LogP contribution in [0.5, 0.6) is 0 Å². The summed E-state index contributed by atoms with van der Waals surface area (Å²) in [5.41, 5.74) is 1.69. The van der Waals surface area contributed by atoms with Crippen molar-refractivity contribution in [3.63, 3.8) is 0 Å². The lowest BCUT2D eigenvalue weighted by molar-refractivity contribution is -0.134. The standard InChI is InChI=1S/C17H20N4O4/c1-11(22)12-2-4-13(5-3-12)20-6-8-21(9-7-20)15(23)10-14-16(24)19-17(25)18-14/h2-5,14H,6-10H2,1H3,(H2,18,19,24,25)/t14-/m0/s1. The molecule has 3 rings (SSSR count). The number of piperazine rings is 1. The third-order valence-electron chi connectivity index (χ3n) is 4.51. The number of ketones is 1. The van der Waals surface area contributed by atoms with Crippen LogP contribution in [-0.2, 0) is 9.59 Å². The molecule has 4 amide bonds. The zero-order chi connectivity index (χ0) is 18.0. The van der Waals surface area contributed by atoms with Gasteiger partial charge in [-0.1, -0.05) is 0 Å². The molecule has 0 saturated carbocycles. The average Bonchev–Trinajstić information content (AvgIpc) is 2.92. The predicted octanol–water partition coefficient (Wildman–Crippen LogP) is 0.136. The Labute approximate surface area is 145 Å². The second-order valence-corrected chi connectivity index (χ2v) is 6.19. The molecule has 2 N–H and O–H groups in total. The van der Waals surface area contributed by atoms with E-state index in [-0.39, 0.29) is 18.1 Å². The van der Waals surface area contributed by atoms with Gasteiger partial charge in [-0.2, -0.15) is 0 Å². The van der Waals surface area contributed by atoms with Crippen LogP contribution in [0.3, 0.4) is 0 Å². The number of nitrogens with one attached hydrogen (secondary N) is 2. The minimum atomic E-state index is -0.780. The zero-order valence-electron chi connectivity index (χ0n) is 13.9. The number of carbonyl (C=O) groups is 4. The van der Waals surface area contributed by atoms with Crippen molar-refractivity contribution in [1.29, 1.82) is 0 Å². The van der Waals surface area contributed by atoms with E-state index in [2.05, 4.69) is 15.5 Å². The summed E-state index contributed by atoms with van der Waals surface area (Å²) in [5.74, 6) is -0.568. The zero-order valence-corrected chi connectivity index (χ0v) is 13.9. The molecule has 1 aromatic carbocycles. The largest absolute Gasteiger partial charge is 0.368 e. The molecule has 0 radical (unpaired) electrons. The number of rotatable bonds is 4. The summed E-state index contributed by atoms with van der Waals surface area (Å²) >= 11 is 0. The molecular weight excluding hydrogens is 324 g/mol. The van der Waals surface area contributed by atoms with Crippen molar-refractivity contribution in [2.24, 2.45) is 0 Å². The van der Waals surface area contributed by atoms with Gasteiger partial charge in [0.2, 0.25) is 5.91 Å². The van der Waals surface area contributed by atoms with Gasteiger partial charge in [0.25, 0.3) is 5.91 Å². The molecule has 2 heterocycles. The Kier molecular flexibility index (Phi) is 4.69. The highest BCUT2D eigenvalue weighted by Gasteiger charge is 2.33. The summed E-state index contributed by atoms with van der Waals surface area (Å²) in [6.45, 7) is 3.99. The Balaban J connectivity index is 1.52. The number of Topliss-reactive ketones (excluding diaryl/α,β-unsaturated/α-hetero) is 1. The number of hydrogen-bond acceptors (Lipinski definition) is 5. The van der Waals surface area contributed by atoms with E-state index in [0.29, 0.717) is 31.7 Å². The first-order chi connectivity index (χ1) is 11.9. The van der Waals surface area contributed by atoms with Gasteiger partial charge < -0.3 is 15.1 Å². The minimum Gasteiger partial charge on any atom is -0.368 e. The van der Waals surface area contributed by atoms with Crippen molar-refractivity contribution in [2.75, 3.05) is 31.1 Å².